The minimum atomic E-state index is -0.652. The topological polar surface area (TPSA) is 109 Å². The summed E-state index contributed by atoms with van der Waals surface area (Å²) in [6, 6.07) is 17.5. The summed E-state index contributed by atoms with van der Waals surface area (Å²) in [6.07, 6.45) is 1.32. The molecule has 3 aromatic rings. The average molecular weight is 394 g/mol. The predicted octanol–water partition coefficient (Wildman–Crippen LogP) is 5.05. The molecule has 0 saturated carbocycles. The first-order valence-electron chi connectivity index (χ1n) is 7.99. The Morgan fingerprint density at radius 2 is 1.79 bits per heavy atom. The Morgan fingerprint density at radius 1 is 1.11 bits per heavy atom. The molecule has 28 heavy (non-hydrogen) atoms. The molecule has 1 aromatic heterocycles. The van der Waals surface area contributed by atoms with Gasteiger partial charge in [-0.05, 0) is 48.5 Å². The molecule has 2 aromatic carbocycles. The second kappa shape index (κ2) is 8.20. The van der Waals surface area contributed by atoms with Crippen LogP contribution in [-0.4, -0.2) is 10.8 Å². The number of hydrogen-bond donors (Lipinski definition) is 1. The molecule has 8 heteroatoms. The van der Waals surface area contributed by atoms with Crippen molar-refractivity contribution in [3.05, 3.63) is 87.1 Å². The van der Waals surface area contributed by atoms with Crippen LogP contribution in [0.25, 0.3) is 17.4 Å². The Morgan fingerprint density at radius 3 is 2.39 bits per heavy atom. The second-order valence-electron chi connectivity index (χ2n) is 5.64. The molecule has 7 nitrogen and oxygen atoms in total. The Kier molecular flexibility index (Phi) is 5.53. The second-order valence-corrected chi connectivity index (χ2v) is 6.07. The van der Waals surface area contributed by atoms with Crippen LogP contribution in [0, 0.1) is 21.4 Å². The van der Waals surface area contributed by atoms with Gasteiger partial charge in [-0.15, -0.1) is 0 Å². The van der Waals surface area contributed by atoms with E-state index in [4.69, 9.17) is 16.0 Å². The number of furan rings is 1. The third-order valence-electron chi connectivity index (χ3n) is 3.74. The van der Waals surface area contributed by atoms with Gasteiger partial charge in [-0.3, -0.25) is 14.9 Å². The van der Waals surface area contributed by atoms with Gasteiger partial charge in [-0.25, -0.2) is 0 Å². The number of benzene rings is 2. The minimum Gasteiger partial charge on any atom is -0.457 e. The maximum atomic E-state index is 12.3. The highest BCUT2D eigenvalue weighted by atomic mass is 35.5. The molecule has 0 aliphatic heterocycles. The van der Waals surface area contributed by atoms with Crippen LogP contribution < -0.4 is 5.32 Å². The van der Waals surface area contributed by atoms with Crippen molar-refractivity contribution >= 4 is 35.0 Å². The van der Waals surface area contributed by atoms with Crippen LogP contribution in [0.2, 0.25) is 5.02 Å². The maximum Gasteiger partial charge on any atom is 0.269 e. The number of non-ortho nitro benzene ring substituents is 1. The van der Waals surface area contributed by atoms with Gasteiger partial charge in [0.05, 0.1) is 4.92 Å². The molecule has 0 spiro atoms. The number of carbonyl (C=O) groups excluding carboxylic acids is 1. The van der Waals surface area contributed by atoms with E-state index >= 15 is 0 Å². The van der Waals surface area contributed by atoms with Crippen molar-refractivity contribution in [2.45, 2.75) is 0 Å². The van der Waals surface area contributed by atoms with Crippen LogP contribution in [0.4, 0.5) is 11.4 Å². The molecule has 0 fully saturated rings. The predicted molar refractivity (Wildman–Crippen MR) is 104 cm³/mol. The summed E-state index contributed by atoms with van der Waals surface area (Å²) in [5, 5.41) is 23.1. The number of nitrogens with zero attached hydrogens (tertiary/aromatic N) is 2. The van der Waals surface area contributed by atoms with Crippen LogP contribution in [-0.2, 0) is 4.79 Å². The van der Waals surface area contributed by atoms with E-state index in [2.05, 4.69) is 5.32 Å². The van der Waals surface area contributed by atoms with Crippen molar-refractivity contribution in [2.75, 3.05) is 5.32 Å². The quantitative estimate of drug-likeness (QED) is 0.282. The van der Waals surface area contributed by atoms with Gasteiger partial charge in [-0.1, -0.05) is 11.6 Å². The molecule has 0 atom stereocenters. The van der Waals surface area contributed by atoms with E-state index in [1.165, 1.54) is 30.3 Å². The van der Waals surface area contributed by atoms with E-state index in [1.807, 2.05) is 6.07 Å². The summed E-state index contributed by atoms with van der Waals surface area (Å²) in [5.41, 5.74) is 0.866. The van der Waals surface area contributed by atoms with Crippen molar-refractivity contribution < 1.29 is 14.1 Å². The summed E-state index contributed by atoms with van der Waals surface area (Å²) >= 11 is 5.86. The molecule has 1 heterocycles. The number of nitro benzene ring substituents is 1. The number of rotatable bonds is 5. The van der Waals surface area contributed by atoms with E-state index in [9.17, 15) is 20.2 Å². The van der Waals surface area contributed by atoms with Gasteiger partial charge in [0.2, 0.25) is 0 Å². The van der Waals surface area contributed by atoms with Crippen molar-refractivity contribution in [3.63, 3.8) is 0 Å². The van der Waals surface area contributed by atoms with Crippen LogP contribution in [0.15, 0.2) is 70.7 Å². The van der Waals surface area contributed by atoms with Crippen LogP contribution in [0.3, 0.4) is 0 Å². The third kappa shape index (κ3) is 4.44. The highest BCUT2D eigenvalue weighted by Gasteiger charge is 2.12. The molecule has 0 aliphatic rings. The number of anilines is 1. The molecule has 1 amide bonds. The van der Waals surface area contributed by atoms with Crippen molar-refractivity contribution in [2.24, 2.45) is 0 Å². The zero-order valence-corrected chi connectivity index (χ0v) is 15.0. The highest BCUT2D eigenvalue weighted by molar-refractivity contribution is 6.30. The summed E-state index contributed by atoms with van der Waals surface area (Å²) in [5.74, 6) is 0.247. The lowest BCUT2D eigenvalue weighted by Crippen LogP contribution is -2.13. The maximum absolute atomic E-state index is 12.3. The van der Waals surface area contributed by atoms with Crippen molar-refractivity contribution in [1.82, 2.24) is 0 Å². The lowest BCUT2D eigenvalue weighted by Gasteiger charge is -2.03. The summed E-state index contributed by atoms with van der Waals surface area (Å²) in [6.45, 7) is 0. The zero-order valence-electron chi connectivity index (χ0n) is 14.3. The zero-order chi connectivity index (χ0) is 20.1. The molecule has 1 N–H and O–H groups in total. The SMILES string of the molecule is N#CC(=Cc1ccc(-c2ccc(Cl)cc2)o1)C(=O)Nc1ccc([N+](=O)[O-])cc1. The van der Waals surface area contributed by atoms with E-state index in [0.29, 0.717) is 22.2 Å². The molecule has 0 bridgehead atoms. The fourth-order valence-corrected chi connectivity index (χ4v) is 2.48. The Labute approximate surface area is 164 Å². The number of nitro groups is 1. The summed E-state index contributed by atoms with van der Waals surface area (Å²) in [7, 11) is 0. The first-order chi connectivity index (χ1) is 13.5. The smallest absolute Gasteiger partial charge is 0.269 e. The standard InChI is InChI=1S/C20H12ClN3O4/c21-15-3-1-13(2-4-15)19-10-9-18(28-19)11-14(12-22)20(25)23-16-5-7-17(8-6-16)24(26)27/h1-11H,(H,23,25). The fourth-order valence-electron chi connectivity index (χ4n) is 2.36. The fraction of sp³-hybridized carbons (Fsp3) is 0. The normalized spacial score (nSPS) is 10.9. The van der Waals surface area contributed by atoms with Gasteiger partial charge in [0.1, 0.15) is 23.2 Å². The largest absolute Gasteiger partial charge is 0.457 e. The van der Waals surface area contributed by atoms with Crippen LogP contribution in [0.1, 0.15) is 5.76 Å². The lowest BCUT2D eigenvalue weighted by molar-refractivity contribution is -0.384. The van der Waals surface area contributed by atoms with Crippen molar-refractivity contribution in [1.29, 1.82) is 5.26 Å². The van der Waals surface area contributed by atoms with Gasteiger partial charge in [0.15, 0.2) is 0 Å². The van der Waals surface area contributed by atoms with Gasteiger partial charge in [0, 0.05) is 34.5 Å². The molecule has 0 unspecified atom stereocenters. The number of nitriles is 1. The number of carbonyl (C=O) groups is 1. The van der Waals surface area contributed by atoms with E-state index in [1.54, 1.807) is 36.4 Å². The molecule has 3 rings (SSSR count). The molecule has 0 radical (unpaired) electrons. The molecular weight excluding hydrogens is 382 g/mol. The highest BCUT2D eigenvalue weighted by Crippen LogP contribution is 2.25. The van der Waals surface area contributed by atoms with E-state index < -0.39 is 10.8 Å². The Balaban J connectivity index is 1.76. The van der Waals surface area contributed by atoms with Gasteiger partial charge < -0.3 is 9.73 Å². The average Bonchev–Trinajstić information content (AvgIpc) is 3.15. The Hall–Kier alpha value is -3.89. The number of nitrogens with one attached hydrogen (secondary N) is 1. The monoisotopic (exact) mass is 393 g/mol. The lowest BCUT2D eigenvalue weighted by atomic mass is 10.2. The number of amides is 1. The molecule has 138 valence electrons. The summed E-state index contributed by atoms with van der Waals surface area (Å²) in [4.78, 5) is 22.4. The van der Waals surface area contributed by atoms with E-state index in [0.717, 1.165) is 5.56 Å². The Bertz CT molecular complexity index is 1090. The van der Waals surface area contributed by atoms with Gasteiger partial charge in [0.25, 0.3) is 11.6 Å². The van der Waals surface area contributed by atoms with Gasteiger partial charge in [-0.2, -0.15) is 5.26 Å². The molecular formula is C20H12ClN3O4. The number of hydrogen-bond acceptors (Lipinski definition) is 5. The first-order valence-corrected chi connectivity index (χ1v) is 8.37. The van der Waals surface area contributed by atoms with Crippen LogP contribution >= 0.6 is 11.6 Å². The number of halogens is 1. The van der Waals surface area contributed by atoms with Crippen LogP contribution in [0.5, 0.6) is 0 Å². The van der Waals surface area contributed by atoms with Gasteiger partial charge >= 0.3 is 0 Å². The minimum absolute atomic E-state index is 0.0978. The first kappa shape index (κ1) is 18.9. The van der Waals surface area contributed by atoms with Crippen molar-refractivity contribution in [3.8, 4) is 17.4 Å². The molecule has 0 aliphatic carbocycles. The third-order valence-corrected chi connectivity index (χ3v) is 4.00. The van der Waals surface area contributed by atoms with E-state index in [-0.39, 0.29) is 11.3 Å². The molecule has 0 saturated heterocycles. The summed E-state index contributed by atoms with van der Waals surface area (Å²) < 4.78 is 5.66.